The number of unbranched alkanes of at least 4 members (excludes halogenated alkanes) is 1. The lowest BCUT2D eigenvalue weighted by Crippen LogP contribution is -2.06. The van der Waals surface area contributed by atoms with Gasteiger partial charge in [-0.1, -0.05) is 27.2 Å². The van der Waals surface area contributed by atoms with E-state index in [0.29, 0.717) is 5.69 Å². The molecule has 0 fully saturated rings. The standard InChI is InChI=1S/C12H20N2O2S/c1-5-6-7-13-12-14-9(11(15)16-4)10(17-12)8(2)3/h8H,5-7H2,1-4H3,(H,13,14). The van der Waals surface area contributed by atoms with E-state index in [-0.39, 0.29) is 11.9 Å². The van der Waals surface area contributed by atoms with Crippen molar-refractivity contribution in [3.05, 3.63) is 10.6 Å². The van der Waals surface area contributed by atoms with E-state index in [2.05, 4.69) is 31.1 Å². The van der Waals surface area contributed by atoms with Crippen molar-refractivity contribution in [3.8, 4) is 0 Å². The second-order valence-electron chi connectivity index (χ2n) is 4.16. The Kier molecular flexibility index (Phi) is 5.41. The topological polar surface area (TPSA) is 51.2 Å². The minimum absolute atomic E-state index is 0.281. The van der Waals surface area contributed by atoms with Crippen LogP contribution in [0.3, 0.4) is 0 Å². The van der Waals surface area contributed by atoms with Gasteiger partial charge < -0.3 is 10.1 Å². The fraction of sp³-hybridized carbons (Fsp3) is 0.667. The number of hydrogen-bond acceptors (Lipinski definition) is 5. The molecule has 1 heterocycles. The highest BCUT2D eigenvalue weighted by Crippen LogP contribution is 2.30. The van der Waals surface area contributed by atoms with E-state index < -0.39 is 0 Å². The third kappa shape index (κ3) is 3.70. The first-order chi connectivity index (χ1) is 8.10. The molecule has 0 saturated heterocycles. The Morgan fingerprint density at radius 2 is 2.24 bits per heavy atom. The summed E-state index contributed by atoms with van der Waals surface area (Å²) in [5.41, 5.74) is 0.450. The van der Waals surface area contributed by atoms with Crippen LogP contribution < -0.4 is 5.32 Å². The number of anilines is 1. The Hall–Kier alpha value is -1.10. The molecule has 1 aromatic rings. The molecule has 1 rings (SSSR count). The molecular formula is C12H20N2O2S. The zero-order valence-electron chi connectivity index (χ0n) is 10.9. The molecule has 96 valence electrons. The van der Waals surface area contributed by atoms with E-state index in [9.17, 15) is 4.79 Å². The highest BCUT2D eigenvalue weighted by atomic mass is 32.1. The van der Waals surface area contributed by atoms with Crippen LogP contribution in [-0.2, 0) is 4.74 Å². The van der Waals surface area contributed by atoms with Crippen molar-refractivity contribution in [1.82, 2.24) is 4.98 Å². The van der Waals surface area contributed by atoms with E-state index in [4.69, 9.17) is 4.74 Å². The van der Waals surface area contributed by atoms with Gasteiger partial charge in [0.25, 0.3) is 0 Å². The van der Waals surface area contributed by atoms with Gasteiger partial charge in [0.15, 0.2) is 10.8 Å². The molecule has 1 N–H and O–H groups in total. The van der Waals surface area contributed by atoms with Crippen LogP contribution in [-0.4, -0.2) is 24.6 Å². The van der Waals surface area contributed by atoms with Gasteiger partial charge in [-0.2, -0.15) is 0 Å². The third-order valence-electron chi connectivity index (χ3n) is 2.36. The second-order valence-corrected chi connectivity index (χ2v) is 5.19. The SMILES string of the molecule is CCCCNc1nc(C(=O)OC)c(C(C)C)s1. The van der Waals surface area contributed by atoms with Crippen molar-refractivity contribution in [3.63, 3.8) is 0 Å². The fourth-order valence-corrected chi connectivity index (χ4v) is 2.39. The van der Waals surface area contributed by atoms with Crippen LogP contribution in [0.1, 0.15) is 54.9 Å². The molecule has 0 unspecified atom stereocenters. The number of esters is 1. The smallest absolute Gasteiger partial charge is 0.357 e. The van der Waals surface area contributed by atoms with E-state index in [1.807, 2.05) is 0 Å². The lowest BCUT2D eigenvalue weighted by atomic mass is 10.1. The molecule has 0 atom stereocenters. The number of rotatable bonds is 6. The van der Waals surface area contributed by atoms with E-state index in [1.165, 1.54) is 18.4 Å². The molecule has 0 aliphatic heterocycles. The number of hydrogen-bond donors (Lipinski definition) is 1. The van der Waals surface area contributed by atoms with Crippen molar-refractivity contribution in [2.24, 2.45) is 0 Å². The molecule has 5 heteroatoms. The number of aromatic nitrogens is 1. The van der Waals surface area contributed by atoms with Crippen LogP contribution >= 0.6 is 11.3 Å². The van der Waals surface area contributed by atoms with Gasteiger partial charge in [-0.15, -0.1) is 11.3 Å². The molecule has 0 aromatic carbocycles. The number of nitrogens with zero attached hydrogens (tertiary/aromatic N) is 1. The molecule has 1 aromatic heterocycles. The van der Waals surface area contributed by atoms with Gasteiger partial charge in [0.05, 0.1) is 7.11 Å². The third-order valence-corrected chi connectivity index (χ3v) is 3.68. The zero-order chi connectivity index (χ0) is 12.8. The molecule has 0 radical (unpaired) electrons. The summed E-state index contributed by atoms with van der Waals surface area (Å²) in [6.07, 6.45) is 2.24. The number of carbonyl (C=O) groups excluding carboxylic acids is 1. The molecule has 0 saturated carbocycles. The van der Waals surface area contributed by atoms with Crippen LogP contribution in [0.25, 0.3) is 0 Å². The first-order valence-corrected chi connectivity index (χ1v) is 6.74. The van der Waals surface area contributed by atoms with Gasteiger partial charge in [0.1, 0.15) is 0 Å². The summed E-state index contributed by atoms with van der Waals surface area (Å²) in [5.74, 6) is -0.0724. The number of nitrogens with one attached hydrogen (secondary N) is 1. The van der Waals surface area contributed by atoms with E-state index in [0.717, 1.165) is 29.4 Å². The van der Waals surface area contributed by atoms with Crippen LogP contribution in [0, 0.1) is 0 Å². The maximum Gasteiger partial charge on any atom is 0.357 e. The molecule has 17 heavy (non-hydrogen) atoms. The van der Waals surface area contributed by atoms with Crippen molar-refractivity contribution >= 4 is 22.4 Å². The first-order valence-electron chi connectivity index (χ1n) is 5.93. The molecule has 0 aliphatic carbocycles. The lowest BCUT2D eigenvalue weighted by molar-refractivity contribution is 0.0593. The Bertz CT molecular complexity index is 375. The minimum Gasteiger partial charge on any atom is -0.464 e. The predicted octanol–water partition coefficient (Wildman–Crippen LogP) is 3.27. The van der Waals surface area contributed by atoms with Crippen LogP contribution in [0.4, 0.5) is 5.13 Å². The van der Waals surface area contributed by atoms with Crippen LogP contribution in [0.15, 0.2) is 0 Å². The summed E-state index contributed by atoms with van der Waals surface area (Å²) in [4.78, 5) is 16.9. The van der Waals surface area contributed by atoms with Gasteiger partial charge >= 0.3 is 5.97 Å². The summed E-state index contributed by atoms with van der Waals surface area (Å²) < 4.78 is 4.74. The average Bonchev–Trinajstić information content (AvgIpc) is 2.73. The Morgan fingerprint density at radius 3 is 2.76 bits per heavy atom. The minimum atomic E-state index is -0.353. The average molecular weight is 256 g/mol. The van der Waals surface area contributed by atoms with Crippen molar-refractivity contribution in [2.45, 2.75) is 39.5 Å². The van der Waals surface area contributed by atoms with Crippen molar-refractivity contribution < 1.29 is 9.53 Å². The Balaban J connectivity index is 2.84. The first kappa shape index (κ1) is 14.0. The lowest BCUT2D eigenvalue weighted by Gasteiger charge is -2.02. The quantitative estimate of drug-likeness (QED) is 0.627. The molecule has 4 nitrogen and oxygen atoms in total. The van der Waals surface area contributed by atoms with E-state index >= 15 is 0 Å². The number of ether oxygens (including phenoxy) is 1. The van der Waals surface area contributed by atoms with Crippen molar-refractivity contribution in [1.29, 1.82) is 0 Å². The Labute approximate surface area is 106 Å². The summed E-state index contributed by atoms with van der Waals surface area (Å²) in [6.45, 7) is 7.14. The molecule has 0 aliphatic rings. The van der Waals surface area contributed by atoms with Gasteiger partial charge in [-0.3, -0.25) is 0 Å². The summed E-state index contributed by atoms with van der Waals surface area (Å²) in [6, 6.07) is 0. The Morgan fingerprint density at radius 1 is 1.53 bits per heavy atom. The summed E-state index contributed by atoms with van der Waals surface area (Å²) in [5, 5.41) is 4.05. The summed E-state index contributed by atoms with van der Waals surface area (Å²) in [7, 11) is 1.38. The molecule has 0 spiro atoms. The molecule has 0 amide bonds. The van der Waals surface area contributed by atoms with Gasteiger partial charge in [0, 0.05) is 11.4 Å². The van der Waals surface area contributed by atoms with Crippen LogP contribution in [0.2, 0.25) is 0 Å². The van der Waals surface area contributed by atoms with Gasteiger partial charge in [-0.05, 0) is 12.3 Å². The zero-order valence-corrected chi connectivity index (χ0v) is 11.7. The fourth-order valence-electron chi connectivity index (χ4n) is 1.41. The summed E-state index contributed by atoms with van der Waals surface area (Å²) >= 11 is 1.54. The number of carbonyl (C=O) groups is 1. The largest absolute Gasteiger partial charge is 0.464 e. The molecule has 0 bridgehead atoms. The van der Waals surface area contributed by atoms with Gasteiger partial charge in [-0.25, -0.2) is 9.78 Å². The second kappa shape index (κ2) is 6.59. The maximum absolute atomic E-state index is 11.6. The van der Waals surface area contributed by atoms with Crippen LogP contribution in [0.5, 0.6) is 0 Å². The predicted molar refractivity (Wildman–Crippen MR) is 70.9 cm³/mol. The number of methoxy groups -OCH3 is 1. The van der Waals surface area contributed by atoms with Gasteiger partial charge in [0.2, 0.25) is 0 Å². The van der Waals surface area contributed by atoms with E-state index in [1.54, 1.807) is 0 Å². The highest BCUT2D eigenvalue weighted by molar-refractivity contribution is 7.16. The van der Waals surface area contributed by atoms with Crippen molar-refractivity contribution in [2.75, 3.05) is 19.0 Å². The number of thiazole rings is 1. The maximum atomic E-state index is 11.6. The monoisotopic (exact) mass is 256 g/mol. The normalized spacial score (nSPS) is 10.6. The highest BCUT2D eigenvalue weighted by Gasteiger charge is 2.20. The molecular weight excluding hydrogens is 236 g/mol.